The number of piperidine rings is 1. The summed E-state index contributed by atoms with van der Waals surface area (Å²) in [6.07, 6.45) is 9.65. The standard InChI is InChI=1S/C24H36N4O3S/c1-20-8-4-7-13-26(20)17-12-25-24(29)19-27-16-11-21-18-22(9-10-23(21)27)32(30,31)28-14-5-2-3-6-15-28/h9-11,16,18,20H,2-8,12-15,17,19H2,1H3,(H,25,29). The largest absolute Gasteiger partial charge is 0.353 e. The number of amides is 1. The van der Waals surface area contributed by atoms with Crippen LogP contribution in [0.25, 0.3) is 10.9 Å². The number of benzene rings is 1. The third-order valence-electron chi connectivity index (χ3n) is 6.92. The molecule has 0 bridgehead atoms. The van der Waals surface area contributed by atoms with Crippen LogP contribution in [0.2, 0.25) is 0 Å². The second kappa shape index (κ2) is 10.4. The summed E-state index contributed by atoms with van der Waals surface area (Å²) in [4.78, 5) is 15.3. The van der Waals surface area contributed by atoms with Crippen LogP contribution in [-0.2, 0) is 21.4 Å². The Labute approximate surface area is 191 Å². The molecule has 0 aliphatic carbocycles. The second-order valence-corrected chi connectivity index (χ2v) is 11.2. The van der Waals surface area contributed by atoms with Crippen LogP contribution in [0, 0.1) is 0 Å². The highest BCUT2D eigenvalue weighted by atomic mass is 32.2. The van der Waals surface area contributed by atoms with E-state index in [4.69, 9.17) is 0 Å². The van der Waals surface area contributed by atoms with E-state index in [0.717, 1.165) is 49.7 Å². The fourth-order valence-corrected chi connectivity index (χ4v) is 6.50. The number of hydrogen-bond donors (Lipinski definition) is 1. The number of fused-ring (bicyclic) bond motifs is 1. The lowest BCUT2D eigenvalue weighted by Crippen LogP contribution is -2.42. The lowest BCUT2D eigenvalue weighted by molar-refractivity contribution is -0.121. The second-order valence-electron chi connectivity index (χ2n) is 9.21. The van der Waals surface area contributed by atoms with Crippen molar-refractivity contribution in [3.05, 3.63) is 30.5 Å². The van der Waals surface area contributed by atoms with Crippen molar-refractivity contribution in [2.45, 2.75) is 69.4 Å². The maximum atomic E-state index is 13.1. The highest BCUT2D eigenvalue weighted by Crippen LogP contribution is 2.25. The molecular formula is C24H36N4O3S. The normalized spacial score (nSPS) is 21.5. The summed E-state index contributed by atoms with van der Waals surface area (Å²) in [7, 11) is -3.48. The first-order chi connectivity index (χ1) is 15.4. The molecule has 1 N–H and O–H groups in total. The van der Waals surface area contributed by atoms with Gasteiger partial charge in [-0.05, 0) is 63.4 Å². The molecule has 2 aliphatic rings. The zero-order chi connectivity index (χ0) is 22.6. The molecule has 1 atom stereocenters. The summed E-state index contributed by atoms with van der Waals surface area (Å²) in [6, 6.07) is 7.72. The van der Waals surface area contributed by atoms with E-state index in [1.807, 2.05) is 22.9 Å². The fourth-order valence-electron chi connectivity index (χ4n) is 4.95. The van der Waals surface area contributed by atoms with Crippen LogP contribution >= 0.6 is 0 Å². The Balaban J connectivity index is 1.37. The zero-order valence-corrected chi connectivity index (χ0v) is 19.9. The van der Waals surface area contributed by atoms with Crippen molar-refractivity contribution >= 4 is 26.8 Å². The third-order valence-corrected chi connectivity index (χ3v) is 8.82. The van der Waals surface area contributed by atoms with Crippen molar-refractivity contribution in [3.63, 3.8) is 0 Å². The Hall–Kier alpha value is -1.90. The lowest BCUT2D eigenvalue weighted by atomic mass is 10.0. The molecule has 1 aromatic heterocycles. The van der Waals surface area contributed by atoms with Gasteiger partial charge in [0, 0.05) is 49.3 Å². The minimum absolute atomic E-state index is 0.0200. The topological polar surface area (TPSA) is 74.6 Å². The molecule has 0 radical (unpaired) electrons. The van der Waals surface area contributed by atoms with Crippen LogP contribution in [0.3, 0.4) is 0 Å². The summed E-state index contributed by atoms with van der Waals surface area (Å²) in [6.45, 7) is 6.33. The monoisotopic (exact) mass is 460 g/mol. The van der Waals surface area contributed by atoms with Crippen molar-refractivity contribution in [3.8, 4) is 0 Å². The van der Waals surface area contributed by atoms with E-state index in [1.165, 1.54) is 19.3 Å². The first-order valence-corrected chi connectivity index (χ1v) is 13.5. The van der Waals surface area contributed by atoms with Crippen molar-refractivity contribution in [1.29, 1.82) is 0 Å². The molecule has 8 heteroatoms. The zero-order valence-electron chi connectivity index (χ0n) is 19.1. The number of nitrogens with one attached hydrogen (secondary N) is 1. The quantitative estimate of drug-likeness (QED) is 0.689. The lowest BCUT2D eigenvalue weighted by Gasteiger charge is -2.33. The van der Waals surface area contributed by atoms with Gasteiger partial charge in [0.25, 0.3) is 0 Å². The molecule has 2 saturated heterocycles. The van der Waals surface area contributed by atoms with Crippen molar-refractivity contribution in [2.24, 2.45) is 0 Å². The van der Waals surface area contributed by atoms with E-state index in [2.05, 4.69) is 17.1 Å². The first kappa shape index (κ1) is 23.3. The average Bonchev–Trinajstić information content (AvgIpc) is 2.98. The number of rotatable bonds is 7. The molecule has 4 rings (SSSR count). The van der Waals surface area contributed by atoms with E-state index < -0.39 is 10.0 Å². The fraction of sp³-hybridized carbons (Fsp3) is 0.625. The Morgan fingerprint density at radius 2 is 1.78 bits per heavy atom. The van der Waals surface area contributed by atoms with E-state index >= 15 is 0 Å². The van der Waals surface area contributed by atoms with Gasteiger partial charge >= 0.3 is 0 Å². The molecule has 0 saturated carbocycles. The molecule has 0 spiro atoms. The number of aromatic nitrogens is 1. The van der Waals surface area contributed by atoms with Gasteiger partial charge in [-0.15, -0.1) is 0 Å². The Morgan fingerprint density at radius 3 is 2.53 bits per heavy atom. The van der Waals surface area contributed by atoms with Crippen molar-refractivity contribution < 1.29 is 13.2 Å². The van der Waals surface area contributed by atoms with Gasteiger partial charge in [0.1, 0.15) is 6.54 Å². The predicted molar refractivity (Wildman–Crippen MR) is 127 cm³/mol. The van der Waals surface area contributed by atoms with Gasteiger partial charge in [-0.1, -0.05) is 19.3 Å². The number of carbonyl (C=O) groups excluding carboxylic acids is 1. The van der Waals surface area contributed by atoms with Crippen molar-refractivity contribution in [1.82, 2.24) is 19.1 Å². The number of nitrogens with zero attached hydrogens (tertiary/aromatic N) is 3. The first-order valence-electron chi connectivity index (χ1n) is 12.0. The summed E-state index contributed by atoms with van der Waals surface area (Å²) in [5, 5.41) is 3.88. The van der Waals surface area contributed by atoms with E-state index in [1.54, 1.807) is 16.4 Å². The smallest absolute Gasteiger partial charge is 0.243 e. The molecule has 2 fully saturated rings. The van der Waals surface area contributed by atoms with Crippen LogP contribution < -0.4 is 5.32 Å². The highest BCUT2D eigenvalue weighted by molar-refractivity contribution is 7.89. The van der Waals surface area contributed by atoms with Crippen LogP contribution in [0.4, 0.5) is 0 Å². The van der Waals surface area contributed by atoms with Gasteiger partial charge in [0.05, 0.1) is 4.90 Å². The maximum absolute atomic E-state index is 13.1. The average molecular weight is 461 g/mol. The van der Waals surface area contributed by atoms with Crippen molar-refractivity contribution in [2.75, 3.05) is 32.7 Å². The molecule has 32 heavy (non-hydrogen) atoms. The summed E-state index contributed by atoms with van der Waals surface area (Å²) >= 11 is 0. The van der Waals surface area contributed by atoms with Gasteiger partial charge in [-0.25, -0.2) is 8.42 Å². The SMILES string of the molecule is CC1CCCCN1CCNC(=O)Cn1ccc2cc(S(=O)(=O)N3CCCCCC3)ccc21. The van der Waals surface area contributed by atoms with Gasteiger partial charge in [0.15, 0.2) is 0 Å². The highest BCUT2D eigenvalue weighted by Gasteiger charge is 2.25. The summed E-state index contributed by atoms with van der Waals surface area (Å²) in [5.74, 6) is -0.0200. The van der Waals surface area contributed by atoms with Crippen LogP contribution in [0.1, 0.15) is 51.9 Å². The minimum Gasteiger partial charge on any atom is -0.353 e. The number of hydrogen-bond acceptors (Lipinski definition) is 4. The van der Waals surface area contributed by atoms with Crippen LogP contribution in [0.15, 0.2) is 35.4 Å². The van der Waals surface area contributed by atoms with Gasteiger partial charge in [0.2, 0.25) is 15.9 Å². The molecule has 1 aromatic carbocycles. The van der Waals surface area contributed by atoms with E-state index in [0.29, 0.717) is 30.6 Å². The van der Waals surface area contributed by atoms with Crippen LogP contribution in [-0.4, -0.2) is 66.9 Å². The number of carbonyl (C=O) groups is 1. The summed E-state index contributed by atoms with van der Waals surface area (Å²) in [5.41, 5.74) is 0.875. The van der Waals surface area contributed by atoms with E-state index in [9.17, 15) is 13.2 Å². The molecular weight excluding hydrogens is 424 g/mol. The van der Waals surface area contributed by atoms with E-state index in [-0.39, 0.29) is 12.5 Å². The predicted octanol–water partition coefficient (Wildman–Crippen LogP) is 3.20. The molecule has 7 nitrogen and oxygen atoms in total. The molecule has 3 heterocycles. The molecule has 2 aromatic rings. The summed E-state index contributed by atoms with van der Waals surface area (Å²) < 4.78 is 29.7. The third kappa shape index (κ3) is 5.35. The van der Waals surface area contributed by atoms with Gasteiger partial charge in [-0.3, -0.25) is 9.69 Å². The van der Waals surface area contributed by atoms with Gasteiger partial charge in [-0.2, -0.15) is 4.31 Å². The molecule has 176 valence electrons. The molecule has 1 unspecified atom stereocenters. The Kier molecular flexibility index (Phi) is 7.53. The number of likely N-dealkylation sites (tertiary alicyclic amines) is 1. The Bertz CT molecular complexity index is 1030. The maximum Gasteiger partial charge on any atom is 0.243 e. The molecule has 1 amide bonds. The van der Waals surface area contributed by atoms with Gasteiger partial charge < -0.3 is 9.88 Å². The van der Waals surface area contributed by atoms with Crippen LogP contribution in [0.5, 0.6) is 0 Å². The Morgan fingerprint density at radius 1 is 1.03 bits per heavy atom. The molecule has 2 aliphatic heterocycles. The minimum atomic E-state index is -3.48. The number of sulfonamides is 1.